The van der Waals surface area contributed by atoms with Gasteiger partial charge in [-0.15, -0.1) is 11.3 Å². The number of benzene rings is 2. The van der Waals surface area contributed by atoms with E-state index in [1.54, 1.807) is 47.8 Å². The van der Waals surface area contributed by atoms with Crippen molar-refractivity contribution in [2.24, 2.45) is 7.05 Å². The van der Waals surface area contributed by atoms with E-state index in [2.05, 4.69) is 39.3 Å². The van der Waals surface area contributed by atoms with Crippen LogP contribution in [-0.4, -0.2) is 37.0 Å². The summed E-state index contributed by atoms with van der Waals surface area (Å²) in [4.78, 5) is 28.0. The average Bonchev–Trinajstić information content (AvgIpc) is 3.37. The fraction of sp³-hybridized carbons (Fsp3) is 0.241. The van der Waals surface area contributed by atoms with Crippen molar-refractivity contribution in [1.29, 1.82) is 0 Å². The summed E-state index contributed by atoms with van der Waals surface area (Å²) in [5.74, 6) is 0.653. The van der Waals surface area contributed by atoms with Crippen molar-refractivity contribution in [2.45, 2.75) is 32.1 Å². The molecule has 5 rings (SSSR count). The van der Waals surface area contributed by atoms with Gasteiger partial charge in [0.1, 0.15) is 0 Å². The van der Waals surface area contributed by atoms with Crippen molar-refractivity contribution < 1.29 is 4.21 Å². The minimum Gasteiger partial charge on any atom is -0.387 e. The van der Waals surface area contributed by atoms with Crippen molar-refractivity contribution in [3.63, 3.8) is 0 Å². The smallest absolute Gasteiger partial charge is 0.258 e. The molecule has 7 nitrogen and oxygen atoms in total. The van der Waals surface area contributed by atoms with Crippen LogP contribution in [0.25, 0.3) is 32.7 Å². The third-order valence-corrected chi connectivity index (χ3v) is 8.11. The maximum absolute atomic E-state index is 12.9. The summed E-state index contributed by atoms with van der Waals surface area (Å²) >= 11 is 1.56. The Bertz CT molecular complexity index is 1670. The third kappa shape index (κ3) is 5.74. The Labute approximate surface area is 229 Å². The van der Waals surface area contributed by atoms with Crippen molar-refractivity contribution >= 4 is 38.6 Å². The van der Waals surface area contributed by atoms with Crippen LogP contribution in [0.2, 0.25) is 0 Å². The number of fused-ring (bicyclic) bond motifs is 1. The molecule has 2 aromatic carbocycles. The van der Waals surface area contributed by atoms with E-state index in [4.69, 9.17) is 0 Å². The van der Waals surface area contributed by atoms with Crippen molar-refractivity contribution in [2.75, 3.05) is 18.6 Å². The largest absolute Gasteiger partial charge is 0.387 e. The molecule has 1 unspecified atom stereocenters. The van der Waals surface area contributed by atoms with E-state index in [-0.39, 0.29) is 5.56 Å². The van der Waals surface area contributed by atoms with E-state index in [0.29, 0.717) is 5.82 Å². The number of thiazole rings is 1. The van der Waals surface area contributed by atoms with E-state index in [9.17, 15) is 9.00 Å². The number of rotatable bonds is 5. The minimum atomic E-state index is -0.903. The number of nitrogens with zero attached hydrogens (tertiary/aromatic N) is 4. The fourth-order valence-corrected chi connectivity index (χ4v) is 5.77. The Morgan fingerprint density at radius 3 is 2.29 bits per heavy atom. The van der Waals surface area contributed by atoms with Gasteiger partial charge in [0.15, 0.2) is 5.82 Å². The number of hydrogen-bond donors (Lipinski definition) is 1. The lowest BCUT2D eigenvalue weighted by atomic mass is 9.99. The molecule has 0 aliphatic carbocycles. The lowest BCUT2D eigenvalue weighted by molar-refractivity contribution is 0.687. The van der Waals surface area contributed by atoms with Gasteiger partial charge < -0.3 is 9.88 Å². The van der Waals surface area contributed by atoms with Crippen LogP contribution < -0.4 is 10.9 Å². The van der Waals surface area contributed by atoms with Crippen LogP contribution in [0.4, 0.5) is 5.69 Å². The number of para-hydroxylation sites is 1. The number of aryl methyl sites for hydroxylation is 3. The lowest BCUT2D eigenvalue weighted by Crippen LogP contribution is -2.19. The highest BCUT2D eigenvalue weighted by Crippen LogP contribution is 2.27. The van der Waals surface area contributed by atoms with Crippen LogP contribution in [0.15, 0.2) is 70.7 Å². The summed E-state index contributed by atoms with van der Waals surface area (Å²) in [5, 5.41) is 5.73. The van der Waals surface area contributed by atoms with Gasteiger partial charge in [-0.1, -0.05) is 30.7 Å². The summed E-state index contributed by atoms with van der Waals surface area (Å²) in [6.45, 7) is 6.10. The number of nitrogens with one attached hydrogen (secondary N) is 1. The summed E-state index contributed by atoms with van der Waals surface area (Å²) < 4.78 is 12.8. The van der Waals surface area contributed by atoms with E-state index in [1.165, 1.54) is 5.56 Å². The molecule has 0 saturated heterocycles. The Kier molecular flexibility index (Phi) is 8.48. The van der Waals surface area contributed by atoms with Crippen molar-refractivity contribution in [1.82, 2.24) is 19.5 Å². The van der Waals surface area contributed by atoms with E-state index in [0.717, 1.165) is 54.5 Å². The zero-order valence-corrected chi connectivity index (χ0v) is 24.0. The Morgan fingerprint density at radius 1 is 1.00 bits per heavy atom. The van der Waals surface area contributed by atoms with Crippen LogP contribution >= 0.6 is 11.3 Å². The highest BCUT2D eigenvalue weighted by atomic mass is 32.2. The summed E-state index contributed by atoms with van der Waals surface area (Å²) in [5.41, 5.74) is 4.87. The predicted molar refractivity (Wildman–Crippen MR) is 158 cm³/mol. The SMILES string of the molecule is CCc1cc(C)cc2c(=O)n(C)c(-c3cnc(-c4cnc(C)s4)nc3)cc12.CNc1ccccc1S(C)=O. The zero-order chi connectivity index (χ0) is 27.4. The zero-order valence-electron chi connectivity index (χ0n) is 22.4. The van der Waals surface area contributed by atoms with Gasteiger partial charge in [0, 0.05) is 49.9 Å². The Morgan fingerprint density at radius 2 is 1.71 bits per heavy atom. The monoisotopic (exact) mass is 545 g/mol. The molecule has 3 heterocycles. The highest BCUT2D eigenvalue weighted by Gasteiger charge is 2.13. The van der Waals surface area contributed by atoms with E-state index >= 15 is 0 Å². The Hall–Kier alpha value is -3.69. The van der Waals surface area contributed by atoms with E-state index < -0.39 is 10.8 Å². The van der Waals surface area contributed by atoms with Gasteiger partial charge >= 0.3 is 0 Å². The molecule has 0 aliphatic rings. The topological polar surface area (TPSA) is 89.8 Å². The summed E-state index contributed by atoms with van der Waals surface area (Å²) in [6, 6.07) is 13.8. The fourth-order valence-electron chi connectivity index (χ4n) is 4.29. The first-order valence-corrected chi connectivity index (χ1v) is 14.6. The molecule has 38 heavy (non-hydrogen) atoms. The first-order chi connectivity index (χ1) is 18.2. The van der Waals surface area contributed by atoms with Gasteiger partial charge in [0.2, 0.25) is 0 Å². The first kappa shape index (κ1) is 27.3. The molecule has 3 aromatic heterocycles. The number of hydrogen-bond acceptors (Lipinski definition) is 7. The van der Waals surface area contributed by atoms with Gasteiger partial charge in [-0.3, -0.25) is 9.00 Å². The quantitative estimate of drug-likeness (QED) is 0.302. The molecule has 0 saturated carbocycles. The molecular formula is C29H31N5O2S2. The van der Waals surface area contributed by atoms with Crippen LogP contribution in [0.1, 0.15) is 23.1 Å². The molecule has 9 heteroatoms. The van der Waals surface area contributed by atoms with Crippen molar-refractivity contribution in [3.8, 4) is 22.0 Å². The first-order valence-electron chi connectivity index (χ1n) is 12.2. The van der Waals surface area contributed by atoms with Crippen LogP contribution in [0, 0.1) is 13.8 Å². The number of pyridine rings is 1. The summed E-state index contributed by atoms with van der Waals surface area (Å²) in [7, 11) is 2.72. The molecule has 1 N–H and O–H groups in total. The molecule has 5 aromatic rings. The third-order valence-electron chi connectivity index (χ3n) is 6.22. The Balaban J connectivity index is 0.000000257. The number of aromatic nitrogens is 4. The van der Waals surface area contributed by atoms with Gasteiger partial charge in [-0.25, -0.2) is 15.0 Å². The van der Waals surface area contributed by atoms with Gasteiger partial charge in [-0.05, 0) is 55.5 Å². The molecule has 0 fully saturated rings. The second-order valence-electron chi connectivity index (χ2n) is 8.87. The second-order valence-corrected chi connectivity index (χ2v) is 11.5. The number of anilines is 1. The maximum atomic E-state index is 12.9. The molecule has 196 valence electrons. The van der Waals surface area contributed by atoms with Gasteiger partial charge in [-0.2, -0.15) is 0 Å². The molecule has 0 bridgehead atoms. The van der Waals surface area contributed by atoms with Gasteiger partial charge in [0.25, 0.3) is 5.56 Å². The molecule has 0 radical (unpaired) electrons. The highest BCUT2D eigenvalue weighted by molar-refractivity contribution is 7.84. The molecule has 0 amide bonds. The average molecular weight is 546 g/mol. The van der Waals surface area contributed by atoms with Gasteiger partial charge in [0.05, 0.1) is 37.0 Å². The van der Waals surface area contributed by atoms with Crippen LogP contribution in [-0.2, 0) is 24.3 Å². The lowest BCUT2D eigenvalue weighted by Gasteiger charge is -2.13. The molecule has 1 atom stereocenters. The summed E-state index contributed by atoms with van der Waals surface area (Å²) in [6.07, 6.45) is 7.90. The standard InChI is InChI=1S/C21H20N4OS.C8H11NOS/c1-5-14-6-12(2)7-17-16(14)8-18(25(4)21(17)26)15-9-23-20(24-10-15)19-11-22-13(3)27-19;1-9-7-5-3-4-6-8(7)11(2)10/h6-11H,5H2,1-4H3;3-6,9H,1-2H3. The van der Waals surface area contributed by atoms with Crippen molar-refractivity contribution in [3.05, 3.63) is 87.5 Å². The van der Waals surface area contributed by atoms with E-state index in [1.807, 2.05) is 51.2 Å². The van der Waals surface area contributed by atoms with Crippen LogP contribution in [0.3, 0.4) is 0 Å². The molecule has 0 aliphatic heterocycles. The minimum absolute atomic E-state index is 0.00283. The second kappa shape index (κ2) is 11.8. The predicted octanol–water partition coefficient (Wildman–Crippen LogP) is 5.76. The molecular weight excluding hydrogens is 514 g/mol. The van der Waals surface area contributed by atoms with Crippen LogP contribution in [0.5, 0.6) is 0 Å². The maximum Gasteiger partial charge on any atom is 0.258 e. The molecule has 0 spiro atoms. The normalized spacial score (nSPS) is 11.6.